The van der Waals surface area contributed by atoms with Crippen LogP contribution in [0.15, 0.2) is 48.5 Å². The van der Waals surface area contributed by atoms with E-state index in [-0.39, 0.29) is 0 Å². The molecule has 0 radical (unpaired) electrons. The highest BCUT2D eigenvalue weighted by Gasteiger charge is 2.06. The molecule has 3 rings (SSSR count). The van der Waals surface area contributed by atoms with Crippen molar-refractivity contribution in [2.45, 2.75) is 13.8 Å². The summed E-state index contributed by atoms with van der Waals surface area (Å²) >= 11 is 5.41. The summed E-state index contributed by atoms with van der Waals surface area (Å²) in [6.45, 7) is 4.11. The summed E-state index contributed by atoms with van der Waals surface area (Å²) in [4.78, 5) is 3.33. The number of aryl methyl sites for hydroxylation is 2. The van der Waals surface area contributed by atoms with Crippen molar-refractivity contribution in [2.75, 3.05) is 10.6 Å². The largest absolute Gasteiger partial charge is 0.359 e. The van der Waals surface area contributed by atoms with Gasteiger partial charge in [0, 0.05) is 28.0 Å². The molecule has 0 atom stereocenters. The topological polar surface area (TPSA) is 39.8 Å². The van der Waals surface area contributed by atoms with Crippen LogP contribution in [0.5, 0.6) is 0 Å². The number of nitrogens with one attached hydrogen (secondary N) is 3. The van der Waals surface area contributed by atoms with Crippen LogP contribution in [0.4, 0.5) is 11.4 Å². The molecule has 4 heteroatoms. The molecule has 0 spiro atoms. The van der Waals surface area contributed by atoms with E-state index in [0.29, 0.717) is 5.11 Å². The summed E-state index contributed by atoms with van der Waals surface area (Å²) in [5.41, 5.74) is 5.43. The molecular formula is C17H17N3S. The molecule has 21 heavy (non-hydrogen) atoms. The average molecular weight is 295 g/mol. The van der Waals surface area contributed by atoms with Crippen molar-refractivity contribution in [3.63, 3.8) is 0 Å². The van der Waals surface area contributed by atoms with E-state index >= 15 is 0 Å². The van der Waals surface area contributed by atoms with E-state index in [1.165, 1.54) is 0 Å². The van der Waals surface area contributed by atoms with Crippen molar-refractivity contribution in [1.82, 2.24) is 4.98 Å². The van der Waals surface area contributed by atoms with E-state index in [1.54, 1.807) is 0 Å². The molecule has 0 aliphatic rings. The van der Waals surface area contributed by atoms with E-state index < -0.39 is 0 Å². The van der Waals surface area contributed by atoms with E-state index in [1.807, 2.05) is 37.3 Å². The fourth-order valence-corrected chi connectivity index (χ4v) is 2.61. The minimum atomic E-state index is 0.593. The highest BCUT2D eigenvalue weighted by Crippen LogP contribution is 2.24. The van der Waals surface area contributed by atoms with Gasteiger partial charge >= 0.3 is 0 Å². The number of hydrogen-bond donors (Lipinski definition) is 3. The number of hydrogen-bond acceptors (Lipinski definition) is 1. The van der Waals surface area contributed by atoms with Gasteiger partial charge in [-0.1, -0.05) is 24.3 Å². The molecule has 0 unspecified atom stereocenters. The summed E-state index contributed by atoms with van der Waals surface area (Å²) in [5.74, 6) is 0. The smallest absolute Gasteiger partial charge is 0.175 e. The highest BCUT2D eigenvalue weighted by molar-refractivity contribution is 7.80. The van der Waals surface area contributed by atoms with Crippen LogP contribution in [-0.2, 0) is 0 Å². The molecule has 0 bridgehead atoms. The average Bonchev–Trinajstić information content (AvgIpc) is 2.83. The maximum absolute atomic E-state index is 5.41. The fourth-order valence-electron chi connectivity index (χ4n) is 2.39. The van der Waals surface area contributed by atoms with Crippen molar-refractivity contribution in [1.29, 1.82) is 0 Å². The minimum Gasteiger partial charge on any atom is -0.359 e. The Balaban J connectivity index is 1.82. The summed E-state index contributed by atoms with van der Waals surface area (Å²) in [6, 6.07) is 16.3. The van der Waals surface area contributed by atoms with E-state index in [9.17, 15) is 0 Å². The third-order valence-corrected chi connectivity index (χ3v) is 3.64. The lowest BCUT2D eigenvalue weighted by Gasteiger charge is -2.13. The molecule has 2 aromatic carbocycles. The van der Waals surface area contributed by atoms with Gasteiger partial charge < -0.3 is 15.6 Å². The van der Waals surface area contributed by atoms with Gasteiger partial charge in [0.05, 0.1) is 0 Å². The van der Waals surface area contributed by atoms with Crippen molar-refractivity contribution >= 4 is 39.6 Å². The summed E-state index contributed by atoms with van der Waals surface area (Å²) in [6.07, 6.45) is 0. The first-order valence-electron chi connectivity index (χ1n) is 6.85. The van der Waals surface area contributed by atoms with Crippen molar-refractivity contribution in [3.05, 3.63) is 59.8 Å². The third kappa shape index (κ3) is 2.90. The summed E-state index contributed by atoms with van der Waals surface area (Å²) in [7, 11) is 0. The zero-order valence-electron chi connectivity index (χ0n) is 12.0. The normalized spacial score (nSPS) is 10.6. The Bertz CT molecular complexity index is 805. The van der Waals surface area contributed by atoms with Crippen LogP contribution in [-0.4, -0.2) is 10.1 Å². The number of aromatic amines is 1. The van der Waals surface area contributed by atoms with Gasteiger partial charge in [0.1, 0.15) is 0 Å². The number of benzene rings is 2. The SMILES string of the molecule is Cc1cc2c(NC(=S)Nc3ccccc3C)cccc2[nH]1. The van der Waals surface area contributed by atoms with Crippen LogP contribution >= 0.6 is 12.2 Å². The monoisotopic (exact) mass is 295 g/mol. The van der Waals surface area contributed by atoms with Gasteiger partial charge in [0.2, 0.25) is 0 Å². The molecule has 3 N–H and O–H groups in total. The maximum atomic E-state index is 5.41. The number of anilines is 2. The maximum Gasteiger partial charge on any atom is 0.175 e. The lowest BCUT2D eigenvalue weighted by atomic mass is 10.2. The van der Waals surface area contributed by atoms with E-state index in [2.05, 4.69) is 40.7 Å². The van der Waals surface area contributed by atoms with Crippen LogP contribution in [0.1, 0.15) is 11.3 Å². The molecule has 0 saturated heterocycles. The number of para-hydroxylation sites is 1. The highest BCUT2D eigenvalue weighted by atomic mass is 32.1. The molecule has 0 aliphatic heterocycles. The van der Waals surface area contributed by atoms with Crippen molar-refractivity contribution in [3.8, 4) is 0 Å². The molecule has 3 nitrogen and oxygen atoms in total. The Morgan fingerprint density at radius 1 is 0.952 bits per heavy atom. The molecule has 0 aliphatic carbocycles. The number of thiocarbonyl (C=S) groups is 1. The predicted octanol–water partition coefficient (Wildman–Crippen LogP) is 4.59. The zero-order valence-corrected chi connectivity index (χ0v) is 12.8. The number of aromatic nitrogens is 1. The van der Waals surface area contributed by atoms with Gasteiger partial charge in [-0.2, -0.15) is 0 Å². The quantitative estimate of drug-likeness (QED) is 0.605. The molecule has 3 aromatic rings. The molecule has 1 heterocycles. The van der Waals surface area contributed by atoms with Crippen LogP contribution in [0.25, 0.3) is 10.9 Å². The standard InChI is InChI=1S/C17H17N3S/c1-11-6-3-4-7-14(11)19-17(21)20-16-9-5-8-15-13(16)10-12(2)18-15/h3-10,18H,1-2H3,(H2,19,20,21). The van der Waals surface area contributed by atoms with Gasteiger partial charge in [-0.15, -0.1) is 0 Å². The Labute approximate surface area is 129 Å². The van der Waals surface area contributed by atoms with E-state index in [4.69, 9.17) is 12.2 Å². The van der Waals surface area contributed by atoms with Gasteiger partial charge in [-0.25, -0.2) is 0 Å². The Hall–Kier alpha value is -2.33. The third-order valence-electron chi connectivity index (χ3n) is 3.44. The first-order chi connectivity index (χ1) is 10.1. The Morgan fingerprint density at radius 2 is 1.67 bits per heavy atom. The molecule has 0 fully saturated rings. The van der Waals surface area contributed by atoms with Gasteiger partial charge in [-0.3, -0.25) is 0 Å². The van der Waals surface area contributed by atoms with Gasteiger partial charge in [0.15, 0.2) is 5.11 Å². The zero-order chi connectivity index (χ0) is 14.8. The second-order valence-corrected chi connectivity index (χ2v) is 5.52. The van der Waals surface area contributed by atoms with Crippen LogP contribution in [0.2, 0.25) is 0 Å². The van der Waals surface area contributed by atoms with Crippen molar-refractivity contribution in [2.24, 2.45) is 0 Å². The lowest BCUT2D eigenvalue weighted by molar-refractivity contribution is 1.30. The second kappa shape index (κ2) is 5.58. The molecule has 0 saturated carbocycles. The van der Waals surface area contributed by atoms with Gasteiger partial charge in [0.25, 0.3) is 0 Å². The van der Waals surface area contributed by atoms with Crippen LogP contribution in [0.3, 0.4) is 0 Å². The second-order valence-electron chi connectivity index (χ2n) is 5.11. The summed E-state index contributed by atoms with van der Waals surface area (Å²) < 4.78 is 0. The Kier molecular flexibility index (Phi) is 3.62. The van der Waals surface area contributed by atoms with E-state index in [0.717, 1.165) is 33.5 Å². The lowest BCUT2D eigenvalue weighted by Crippen LogP contribution is -2.19. The summed E-state index contributed by atoms with van der Waals surface area (Å²) in [5, 5.41) is 8.25. The molecule has 0 amide bonds. The minimum absolute atomic E-state index is 0.593. The number of fused-ring (bicyclic) bond motifs is 1. The molecule has 106 valence electrons. The fraction of sp³-hybridized carbons (Fsp3) is 0.118. The number of H-pyrrole nitrogens is 1. The molecular weight excluding hydrogens is 278 g/mol. The molecule has 1 aromatic heterocycles. The first kappa shape index (κ1) is 13.6. The van der Waals surface area contributed by atoms with Gasteiger partial charge in [-0.05, 0) is 55.9 Å². The Morgan fingerprint density at radius 3 is 2.48 bits per heavy atom. The number of rotatable bonds is 2. The first-order valence-corrected chi connectivity index (χ1v) is 7.26. The predicted molar refractivity (Wildman–Crippen MR) is 94.1 cm³/mol. The van der Waals surface area contributed by atoms with Crippen molar-refractivity contribution < 1.29 is 0 Å². The van der Waals surface area contributed by atoms with Crippen LogP contribution in [0, 0.1) is 13.8 Å². The van der Waals surface area contributed by atoms with Crippen LogP contribution < -0.4 is 10.6 Å².